The first-order valence-electron chi connectivity index (χ1n) is 17.6. The van der Waals surface area contributed by atoms with Gasteiger partial charge in [-0.2, -0.15) is 0 Å². The topological polar surface area (TPSA) is 26.3 Å². The standard InChI is InChI=1S/C37H64O2/c1-7-8-9-10-11-12-13-17-35(38)39-30-22-24-36(5)29(26-30)18-19-31-33-21-20-32(28(4)16-14-15-27(2)3)37(33,6)25-23-34(31)36/h18,27-28,30-34H,7-17,19-26H2,1-6H3/t28-,30+,31-,32-,33-,34+,36+,37-/m1/s1. The fourth-order valence-electron chi connectivity index (χ4n) is 10.2. The number of allylic oxidation sites excluding steroid dienone is 1. The van der Waals surface area contributed by atoms with Gasteiger partial charge in [0.15, 0.2) is 0 Å². The van der Waals surface area contributed by atoms with E-state index in [0.29, 0.717) is 17.3 Å². The van der Waals surface area contributed by atoms with Crippen molar-refractivity contribution in [3.8, 4) is 0 Å². The van der Waals surface area contributed by atoms with E-state index in [1.54, 1.807) is 5.57 Å². The van der Waals surface area contributed by atoms with Crippen molar-refractivity contribution in [3.05, 3.63) is 11.6 Å². The molecule has 0 saturated heterocycles. The second-order valence-electron chi connectivity index (χ2n) is 15.5. The van der Waals surface area contributed by atoms with Crippen molar-refractivity contribution >= 4 is 5.97 Å². The number of carbonyl (C=O) groups excluding carboxylic acids is 1. The number of esters is 1. The Labute approximate surface area is 242 Å². The number of carbonyl (C=O) groups is 1. The van der Waals surface area contributed by atoms with E-state index in [0.717, 1.165) is 54.8 Å². The van der Waals surface area contributed by atoms with Gasteiger partial charge in [0.25, 0.3) is 0 Å². The summed E-state index contributed by atoms with van der Waals surface area (Å²) in [5.74, 6) is 5.34. The van der Waals surface area contributed by atoms with Crippen LogP contribution in [0.2, 0.25) is 0 Å². The summed E-state index contributed by atoms with van der Waals surface area (Å²) >= 11 is 0. The van der Waals surface area contributed by atoms with Crippen LogP contribution in [-0.2, 0) is 9.53 Å². The highest BCUT2D eigenvalue weighted by atomic mass is 16.5. The molecule has 0 amide bonds. The molecule has 2 nitrogen and oxygen atoms in total. The molecule has 39 heavy (non-hydrogen) atoms. The Kier molecular flexibility index (Phi) is 11.1. The van der Waals surface area contributed by atoms with E-state index in [9.17, 15) is 4.79 Å². The summed E-state index contributed by atoms with van der Waals surface area (Å²) in [5.41, 5.74) is 2.54. The highest BCUT2D eigenvalue weighted by Gasteiger charge is 2.59. The maximum atomic E-state index is 12.6. The molecule has 0 spiro atoms. The van der Waals surface area contributed by atoms with Crippen LogP contribution >= 0.6 is 0 Å². The summed E-state index contributed by atoms with van der Waals surface area (Å²) < 4.78 is 6.06. The summed E-state index contributed by atoms with van der Waals surface area (Å²) in [6, 6.07) is 0. The number of ether oxygens (including phenoxy) is 1. The first kappa shape index (κ1) is 31.2. The average Bonchev–Trinajstić information content (AvgIpc) is 3.25. The van der Waals surface area contributed by atoms with Gasteiger partial charge in [0.2, 0.25) is 0 Å². The molecule has 3 fully saturated rings. The maximum Gasteiger partial charge on any atom is 0.306 e. The van der Waals surface area contributed by atoms with Crippen LogP contribution in [0.5, 0.6) is 0 Å². The summed E-state index contributed by atoms with van der Waals surface area (Å²) in [6.07, 6.45) is 26.7. The van der Waals surface area contributed by atoms with Crippen molar-refractivity contribution in [3.63, 3.8) is 0 Å². The molecule has 2 heteroatoms. The van der Waals surface area contributed by atoms with Crippen molar-refractivity contribution in [2.24, 2.45) is 46.3 Å². The Morgan fingerprint density at radius 3 is 2.38 bits per heavy atom. The van der Waals surface area contributed by atoms with Crippen LogP contribution in [0.1, 0.15) is 164 Å². The van der Waals surface area contributed by atoms with Gasteiger partial charge in [0, 0.05) is 12.8 Å². The van der Waals surface area contributed by atoms with E-state index >= 15 is 0 Å². The minimum atomic E-state index is 0.0550. The molecule has 3 saturated carbocycles. The first-order valence-corrected chi connectivity index (χ1v) is 17.6. The van der Waals surface area contributed by atoms with Crippen molar-refractivity contribution in [1.82, 2.24) is 0 Å². The van der Waals surface area contributed by atoms with E-state index in [-0.39, 0.29) is 12.1 Å². The van der Waals surface area contributed by atoms with Crippen LogP contribution in [0.25, 0.3) is 0 Å². The summed E-state index contributed by atoms with van der Waals surface area (Å²) in [5, 5.41) is 0. The normalized spacial score (nSPS) is 36.6. The predicted octanol–water partition coefficient (Wildman–Crippen LogP) is 11.1. The molecule has 4 rings (SSSR count). The monoisotopic (exact) mass is 540 g/mol. The van der Waals surface area contributed by atoms with Crippen LogP contribution < -0.4 is 0 Å². The van der Waals surface area contributed by atoms with E-state index in [1.807, 2.05) is 0 Å². The number of hydrogen-bond acceptors (Lipinski definition) is 2. The molecule has 8 atom stereocenters. The Morgan fingerprint density at radius 1 is 0.897 bits per heavy atom. The second-order valence-corrected chi connectivity index (χ2v) is 15.5. The zero-order valence-corrected chi connectivity index (χ0v) is 26.9. The molecule has 4 aliphatic carbocycles. The largest absolute Gasteiger partial charge is 0.462 e. The highest BCUT2D eigenvalue weighted by Crippen LogP contribution is 2.67. The Morgan fingerprint density at radius 2 is 1.64 bits per heavy atom. The quantitative estimate of drug-likeness (QED) is 0.124. The van der Waals surface area contributed by atoms with Gasteiger partial charge < -0.3 is 4.74 Å². The Bertz CT molecular complexity index is 812. The molecule has 0 bridgehead atoms. The van der Waals surface area contributed by atoms with Gasteiger partial charge in [-0.15, -0.1) is 0 Å². The fourth-order valence-corrected chi connectivity index (χ4v) is 10.2. The Hall–Kier alpha value is -0.790. The lowest BCUT2D eigenvalue weighted by molar-refractivity contribution is -0.151. The van der Waals surface area contributed by atoms with Crippen molar-refractivity contribution in [1.29, 1.82) is 0 Å². The second kappa shape index (κ2) is 13.9. The van der Waals surface area contributed by atoms with E-state index < -0.39 is 0 Å². The molecular formula is C37H64O2. The third kappa shape index (κ3) is 7.17. The lowest BCUT2D eigenvalue weighted by Crippen LogP contribution is -2.51. The smallest absolute Gasteiger partial charge is 0.306 e. The number of fused-ring (bicyclic) bond motifs is 5. The molecule has 0 N–H and O–H groups in total. The molecule has 0 radical (unpaired) electrons. The number of hydrogen-bond donors (Lipinski definition) is 0. The van der Waals surface area contributed by atoms with Gasteiger partial charge in [0.05, 0.1) is 0 Å². The van der Waals surface area contributed by atoms with Crippen LogP contribution in [-0.4, -0.2) is 12.1 Å². The molecular weight excluding hydrogens is 476 g/mol. The third-order valence-electron chi connectivity index (χ3n) is 12.5. The summed E-state index contributed by atoms with van der Waals surface area (Å²) in [6.45, 7) is 14.9. The van der Waals surface area contributed by atoms with Gasteiger partial charge in [-0.1, -0.05) is 111 Å². The molecule has 0 aromatic rings. The highest BCUT2D eigenvalue weighted by molar-refractivity contribution is 5.69. The molecule has 0 heterocycles. The van der Waals surface area contributed by atoms with Gasteiger partial charge in [0.1, 0.15) is 6.10 Å². The molecule has 4 aliphatic rings. The van der Waals surface area contributed by atoms with Crippen LogP contribution in [0, 0.1) is 46.3 Å². The molecule has 0 aromatic heterocycles. The maximum absolute atomic E-state index is 12.6. The van der Waals surface area contributed by atoms with Gasteiger partial charge in [-0.25, -0.2) is 0 Å². The van der Waals surface area contributed by atoms with Crippen molar-refractivity contribution in [2.75, 3.05) is 0 Å². The van der Waals surface area contributed by atoms with Gasteiger partial charge >= 0.3 is 5.97 Å². The zero-order chi connectivity index (χ0) is 28.0. The molecule has 0 unspecified atom stereocenters. The number of rotatable bonds is 14. The molecule has 0 aromatic carbocycles. The van der Waals surface area contributed by atoms with Crippen LogP contribution in [0.4, 0.5) is 0 Å². The van der Waals surface area contributed by atoms with E-state index in [1.165, 1.54) is 96.3 Å². The zero-order valence-electron chi connectivity index (χ0n) is 26.9. The first-order chi connectivity index (χ1) is 18.7. The van der Waals surface area contributed by atoms with E-state index in [2.05, 4.69) is 47.6 Å². The van der Waals surface area contributed by atoms with Gasteiger partial charge in [-0.05, 0) is 97.7 Å². The SMILES string of the molecule is CCCCCCCCCC(=O)O[C@H]1CC[C@@]2(C)C(=CC[C@@H]3[C@H]4CC[C@H]([C@H](C)CCCC(C)C)[C@@]4(C)CC[C@@H]32)C1. The minimum absolute atomic E-state index is 0.0550. The Balaban J connectivity index is 1.29. The lowest BCUT2D eigenvalue weighted by atomic mass is 9.47. The average molecular weight is 541 g/mol. The number of unbranched alkanes of at least 4 members (excludes halogenated alkanes) is 6. The van der Waals surface area contributed by atoms with Crippen LogP contribution in [0.15, 0.2) is 11.6 Å². The van der Waals surface area contributed by atoms with Gasteiger partial charge in [-0.3, -0.25) is 4.79 Å². The summed E-state index contributed by atoms with van der Waals surface area (Å²) in [7, 11) is 0. The fraction of sp³-hybridized carbons (Fsp3) is 0.919. The van der Waals surface area contributed by atoms with Crippen LogP contribution in [0.3, 0.4) is 0 Å². The third-order valence-corrected chi connectivity index (χ3v) is 12.5. The summed E-state index contributed by atoms with van der Waals surface area (Å²) in [4.78, 5) is 12.6. The van der Waals surface area contributed by atoms with Crippen molar-refractivity contribution in [2.45, 2.75) is 170 Å². The lowest BCUT2D eigenvalue weighted by Gasteiger charge is -2.58. The minimum Gasteiger partial charge on any atom is -0.462 e. The predicted molar refractivity (Wildman–Crippen MR) is 166 cm³/mol. The molecule has 224 valence electrons. The van der Waals surface area contributed by atoms with E-state index in [4.69, 9.17) is 4.74 Å². The van der Waals surface area contributed by atoms with Crippen molar-refractivity contribution < 1.29 is 9.53 Å². The molecule has 0 aliphatic heterocycles.